The molecule has 0 bridgehead atoms. The number of anilines is 1. The second-order valence-electron chi connectivity index (χ2n) is 13.0. The highest BCUT2D eigenvalue weighted by Crippen LogP contribution is 2.36. The lowest BCUT2D eigenvalue weighted by molar-refractivity contribution is -0.124. The van der Waals surface area contributed by atoms with Gasteiger partial charge in [0.15, 0.2) is 0 Å². The van der Waals surface area contributed by atoms with Crippen molar-refractivity contribution in [3.63, 3.8) is 0 Å². The van der Waals surface area contributed by atoms with Crippen LogP contribution in [0.4, 0.5) is 28.4 Å². The number of benzene rings is 3. The van der Waals surface area contributed by atoms with Crippen molar-refractivity contribution < 1.29 is 9.53 Å². The Morgan fingerprint density at radius 3 is 2.02 bits per heavy atom. The number of hydrogen-bond donors (Lipinski definition) is 0. The van der Waals surface area contributed by atoms with E-state index in [2.05, 4.69) is 61.0 Å². The average molecular weight is 722 g/mol. The Hall–Kier alpha value is -6.38. The maximum atomic E-state index is 13.3. The maximum absolute atomic E-state index is 13.3. The lowest BCUT2D eigenvalue weighted by Crippen LogP contribution is -2.27. The number of ether oxygens (including phenoxy) is 1. The van der Waals surface area contributed by atoms with Crippen LogP contribution in [-0.2, 0) is 4.79 Å². The first-order valence-corrected chi connectivity index (χ1v) is 18.5. The van der Waals surface area contributed by atoms with E-state index in [0.717, 1.165) is 56.4 Å². The van der Waals surface area contributed by atoms with Crippen LogP contribution in [0, 0.1) is 24.5 Å². The molecule has 0 N–H and O–H groups in total. The number of azo groups is 2. The van der Waals surface area contributed by atoms with Crippen molar-refractivity contribution in [3.8, 4) is 11.8 Å². The van der Waals surface area contributed by atoms with E-state index in [1.165, 1.54) is 10.6 Å². The van der Waals surface area contributed by atoms with Crippen LogP contribution in [0.2, 0.25) is 0 Å². The first-order chi connectivity index (χ1) is 26.3. The molecule has 0 unspecified atom stereocenters. The van der Waals surface area contributed by atoms with E-state index in [0.29, 0.717) is 35.8 Å². The van der Waals surface area contributed by atoms with E-state index in [1.807, 2.05) is 57.2 Å². The molecule has 276 valence electrons. The molecule has 1 aliphatic heterocycles. The van der Waals surface area contributed by atoms with Gasteiger partial charge in [0, 0.05) is 37.0 Å². The zero-order valence-corrected chi connectivity index (χ0v) is 31.8. The maximum Gasteiger partial charge on any atom is 0.274 e. The smallest absolute Gasteiger partial charge is 0.274 e. The van der Waals surface area contributed by atoms with Crippen molar-refractivity contribution in [2.75, 3.05) is 24.5 Å². The highest BCUT2D eigenvalue weighted by atomic mass is 16.5. The number of nitriles is 1. The number of rotatable bonds is 18. The molecule has 0 spiro atoms. The zero-order valence-electron chi connectivity index (χ0n) is 31.8. The number of unbranched alkanes of at least 4 members (excludes halogenated alkanes) is 3. The predicted molar refractivity (Wildman–Crippen MR) is 214 cm³/mol. The van der Waals surface area contributed by atoms with E-state index in [-0.39, 0.29) is 28.8 Å². The lowest BCUT2D eigenvalue weighted by Gasteiger charge is -2.24. The second kappa shape index (κ2) is 20.6. The molecule has 11 heteroatoms. The van der Waals surface area contributed by atoms with Crippen LogP contribution < -0.4 is 9.64 Å². The highest BCUT2D eigenvalue weighted by Gasteiger charge is 2.36. The molecule has 0 radical (unpaired) electrons. The van der Waals surface area contributed by atoms with Crippen molar-refractivity contribution in [2.24, 2.45) is 20.5 Å². The van der Waals surface area contributed by atoms with Crippen LogP contribution >= 0.6 is 0 Å². The third-order valence-corrected chi connectivity index (χ3v) is 8.49. The molecule has 54 heavy (non-hydrogen) atoms. The predicted octanol–water partition coefficient (Wildman–Crippen LogP) is 12.2. The second-order valence-corrected chi connectivity index (χ2v) is 13.0. The van der Waals surface area contributed by atoms with Gasteiger partial charge in [-0.2, -0.15) is 15.3 Å². The Kier molecular flexibility index (Phi) is 15.4. The van der Waals surface area contributed by atoms with Gasteiger partial charge in [0.05, 0.1) is 48.1 Å². The highest BCUT2D eigenvalue weighted by molar-refractivity contribution is 6.04. The Morgan fingerprint density at radius 1 is 0.852 bits per heavy atom. The van der Waals surface area contributed by atoms with Gasteiger partial charge in [-0.1, -0.05) is 64.3 Å². The molecule has 1 heterocycles. The van der Waals surface area contributed by atoms with Gasteiger partial charge in [-0.15, -0.1) is 5.11 Å². The Morgan fingerprint density at radius 2 is 1.44 bits per heavy atom. The molecule has 1 amide bonds. The molecular weight excluding hydrogens is 675 g/mol. The molecular formula is C43H47N9O2. The Bertz CT molecular complexity index is 2010. The molecule has 3 aromatic rings. The van der Waals surface area contributed by atoms with E-state index in [9.17, 15) is 10.1 Å². The van der Waals surface area contributed by atoms with Gasteiger partial charge in [-0.3, -0.25) is 4.79 Å². The third kappa shape index (κ3) is 10.8. The van der Waals surface area contributed by atoms with Crippen LogP contribution in [0.25, 0.3) is 15.8 Å². The average Bonchev–Trinajstić information content (AvgIpc) is 3.45. The summed E-state index contributed by atoms with van der Waals surface area (Å²) in [6.45, 7) is 27.8. The summed E-state index contributed by atoms with van der Waals surface area (Å²) in [6, 6.07) is 22.7. The largest absolute Gasteiger partial charge is 0.489 e. The van der Waals surface area contributed by atoms with Crippen molar-refractivity contribution >= 4 is 40.4 Å². The monoisotopic (exact) mass is 721 g/mol. The molecule has 0 aromatic heterocycles. The van der Waals surface area contributed by atoms with Crippen LogP contribution in [-0.4, -0.2) is 36.5 Å². The molecule has 0 saturated heterocycles. The fourth-order valence-electron chi connectivity index (χ4n) is 5.62. The fourth-order valence-corrected chi connectivity index (χ4v) is 5.62. The van der Waals surface area contributed by atoms with Crippen LogP contribution in [0.1, 0.15) is 78.7 Å². The Balaban J connectivity index is 1.49. The van der Waals surface area contributed by atoms with Crippen molar-refractivity contribution in [2.45, 2.75) is 79.2 Å². The minimum absolute atomic E-state index is 0.0123. The normalized spacial score (nSPS) is 14.0. The zero-order chi connectivity index (χ0) is 38.9. The molecule has 11 nitrogen and oxygen atoms in total. The number of allylic oxidation sites excluding steroid dienone is 1. The molecule has 3 aromatic carbocycles. The van der Waals surface area contributed by atoms with Crippen LogP contribution in [0.3, 0.4) is 0 Å². The van der Waals surface area contributed by atoms with Gasteiger partial charge in [0.2, 0.25) is 11.6 Å². The van der Waals surface area contributed by atoms with E-state index in [4.69, 9.17) is 17.9 Å². The van der Waals surface area contributed by atoms with Gasteiger partial charge in [-0.05, 0) is 87.2 Å². The standard InChI is InChI=1S/C43H47N9O2/c1-8-11-26-51(27-12-9-2)36-22-19-34(20-23-36)47-49-35-21-25-38(40(29-35)54-31(4)5)50-48-33-17-14-32(15-18-33)16-24-37-41(46-7)42(39(30-44)45-6)52(43(37)53)28-13-10-3/h14-25,29,31H,8-13,26-28H2,1-5H3/b24-16+,42-39+,49-47?,50-48?. The summed E-state index contributed by atoms with van der Waals surface area (Å²) in [6.07, 6.45) is 9.33. The third-order valence-electron chi connectivity index (χ3n) is 8.49. The van der Waals surface area contributed by atoms with Crippen molar-refractivity contribution in [3.05, 3.63) is 124 Å². The molecule has 1 aliphatic rings. The summed E-state index contributed by atoms with van der Waals surface area (Å²) in [5, 5.41) is 27.3. The molecule has 0 saturated carbocycles. The number of hydrogen-bond acceptors (Lipinski definition) is 8. The van der Waals surface area contributed by atoms with Gasteiger partial charge >= 0.3 is 0 Å². The van der Waals surface area contributed by atoms with E-state index >= 15 is 0 Å². The molecule has 0 aliphatic carbocycles. The number of amides is 1. The fraction of sp³-hybridized carbons (Fsp3) is 0.349. The summed E-state index contributed by atoms with van der Waals surface area (Å²) in [4.78, 5) is 23.9. The van der Waals surface area contributed by atoms with Gasteiger partial charge in [0.1, 0.15) is 11.4 Å². The molecule has 0 atom stereocenters. The van der Waals surface area contributed by atoms with Gasteiger partial charge < -0.3 is 14.5 Å². The summed E-state index contributed by atoms with van der Waals surface area (Å²) in [5.74, 6) is 0.141. The quantitative estimate of drug-likeness (QED) is 0.0738. The number of carbonyl (C=O) groups is 1. The lowest BCUT2D eigenvalue weighted by atomic mass is 10.1. The first kappa shape index (κ1) is 40.4. The van der Waals surface area contributed by atoms with Crippen LogP contribution in [0.5, 0.6) is 5.75 Å². The molecule has 0 fully saturated rings. The van der Waals surface area contributed by atoms with E-state index in [1.54, 1.807) is 36.4 Å². The minimum Gasteiger partial charge on any atom is -0.489 e. The van der Waals surface area contributed by atoms with Crippen molar-refractivity contribution in [1.29, 1.82) is 5.26 Å². The summed E-state index contributed by atoms with van der Waals surface area (Å²) >= 11 is 0. The van der Waals surface area contributed by atoms with E-state index < -0.39 is 5.91 Å². The van der Waals surface area contributed by atoms with Gasteiger partial charge in [0.25, 0.3) is 5.70 Å². The van der Waals surface area contributed by atoms with Crippen LogP contribution in [0.15, 0.2) is 116 Å². The number of nitrogens with zero attached hydrogens (tertiary/aromatic N) is 9. The molecule has 4 rings (SSSR count). The summed E-state index contributed by atoms with van der Waals surface area (Å²) < 4.78 is 6.06. The minimum atomic E-state index is -0.393. The van der Waals surface area contributed by atoms with Gasteiger partial charge in [-0.25, -0.2) is 15.0 Å². The first-order valence-electron chi connectivity index (χ1n) is 18.5. The summed E-state index contributed by atoms with van der Waals surface area (Å²) in [7, 11) is 0. The van der Waals surface area contributed by atoms with Crippen molar-refractivity contribution in [1.82, 2.24) is 4.90 Å². The SMILES string of the molecule is [C-]#[N+]C1=C(/C=C/c2ccc(N=Nc3ccc(N=Nc4ccc(N(CCCC)CCCC)cc4)cc3OC(C)C)cc2)C(=O)N(CCCC)/C1=C(\C#N)[N+]#[C-]. The summed E-state index contributed by atoms with van der Waals surface area (Å²) in [5.41, 5.74) is 4.49. The topological polar surface area (TPSA) is 115 Å². The Labute approximate surface area is 319 Å². The number of carbonyl (C=O) groups excluding carboxylic acids is 1.